The molecule has 0 radical (unpaired) electrons. The third-order valence-corrected chi connectivity index (χ3v) is 3.69. The molecular formula is C10H14F2N2O4S. The fourth-order valence-electron chi connectivity index (χ4n) is 1.16. The average molecular weight is 296 g/mol. The quantitative estimate of drug-likeness (QED) is 0.551. The lowest BCUT2D eigenvalue weighted by molar-refractivity contribution is 0.00680. The van der Waals surface area contributed by atoms with Crippen LogP contribution in [0.2, 0.25) is 0 Å². The average Bonchev–Trinajstić information content (AvgIpc) is 2.31. The van der Waals surface area contributed by atoms with E-state index in [4.69, 9.17) is 10.8 Å². The maximum absolute atomic E-state index is 13.4. The third-order valence-electron chi connectivity index (χ3n) is 2.29. The van der Waals surface area contributed by atoms with Crippen LogP contribution in [0.4, 0.5) is 14.5 Å². The minimum atomic E-state index is -4.40. The van der Waals surface area contributed by atoms with Gasteiger partial charge in [-0.15, -0.1) is 0 Å². The summed E-state index contributed by atoms with van der Waals surface area (Å²) in [4.78, 5) is -0.960. The van der Waals surface area contributed by atoms with E-state index in [2.05, 4.69) is 0 Å². The van der Waals surface area contributed by atoms with E-state index in [0.717, 1.165) is 6.07 Å². The first-order valence-electron chi connectivity index (χ1n) is 5.16. The molecular weight excluding hydrogens is 282 g/mol. The summed E-state index contributed by atoms with van der Waals surface area (Å²) in [6.07, 6.45) is 0. The maximum Gasteiger partial charge on any atom is 0.243 e. The van der Waals surface area contributed by atoms with E-state index < -0.39 is 45.3 Å². The van der Waals surface area contributed by atoms with E-state index in [1.807, 2.05) is 4.72 Å². The second-order valence-corrected chi connectivity index (χ2v) is 6.03. The van der Waals surface area contributed by atoms with Gasteiger partial charge in [0.2, 0.25) is 10.0 Å². The number of benzene rings is 1. The first kappa shape index (κ1) is 15.8. The molecule has 0 saturated carbocycles. The lowest BCUT2D eigenvalue weighted by Crippen LogP contribution is -2.43. The molecule has 1 unspecified atom stereocenters. The van der Waals surface area contributed by atoms with E-state index in [1.54, 1.807) is 0 Å². The van der Waals surface area contributed by atoms with Crippen molar-refractivity contribution in [1.82, 2.24) is 4.72 Å². The summed E-state index contributed by atoms with van der Waals surface area (Å²) in [5, 5.41) is 18.2. The topological polar surface area (TPSA) is 113 Å². The summed E-state index contributed by atoms with van der Waals surface area (Å²) >= 11 is 0. The van der Waals surface area contributed by atoms with Crippen LogP contribution in [-0.4, -0.2) is 37.4 Å². The Kier molecular flexibility index (Phi) is 4.46. The third kappa shape index (κ3) is 3.83. The molecule has 6 nitrogen and oxygen atoms in total. The highest BCUT2D eigenvalue weighted by atomic mass is 32.2. The number of aliphatic hydroxyl groups excluding tert-OH is 1. The number of hydrogen-bond donors (Lipinski definition) is 4. The molecule has 1 atom stereocenters. The van der Waals surface area contributed by atoms with Gasteiger partial charge in [-0.1, -0.05) is 0 Å². The van der Waals surface area contributed by atoms with E-state index in [1.165, 1.54) is 6.92 Å². The molecule has 1 aromatic carbocycles. The van der Waals surface area contributed by atoms with Crippen LogP contribution in [0.3, 0.4) is 0 Å². The zero-order valence-electron chi connectivity index (χ0n) is 10.0. The summed E-state index contributed by atoms with van der Waals surface area (Å²) < 4.78 is 51.9. The molecule has 0 amide bonds. The second-order valence-electron chi connectivity index (χ2n) is 4.29. The number of rotatable bonds is 5. The smallest absolute Gasteiger partial charge is 0.243 e. The molecule has 19 heavy (non-hydrogen) atoms. The van der Waals surface area contributed by atoms with Gasteiger partial charge in [0.25, 0.3) is 0 Å². The minimum absolute atomic E-state index is 0.256. The Morgan fingerprint density at radius 1 is 1.42 bits per heavy atom. The predicted molar refractivity (Wildman–Crippen MR) is 63.7 cm³/mol. The van der Waals surface area contributed by atoms with Crippen LogP contribution < -0.4 is 10.5 Å². The standard InChI is InChI=1S/C10H14F2N2O4S/c1-10(16,5-15)4-14-19(17,18)8-3-6(13)2-7(11)9(8)12/h2-3,14-16H,4-5,13H2,1H3. The molecule has 0 bridgehead atoms. The summed E-state index contributed by atoms with van der Waals surface area (Å²) in [5.74, 6) is -2.96. The van der Waals surface area contributed by atoms with Gasteiger partial charge >= 0.3 is 0 Å². The number of nitrogen functional groups attached to an aromatic ring is 1. The van der Waals surface area contributed by atoms with Crippen LogP contribution in [0.5, 0.6) is 0 Å². The van der Waals surface area contributed by atoms with Crippen LogP contribution in [0.1, 0.15) is 6.92 Å². The van der Waals surface area contributed by atoms with Crippen LogP contribution in [-0.2, 0) is 10.0 Å². The van der Waals surface area contributed by atoms with Gasteiger partial charge in [-0.25, -0.2) is 21.9 Å². The highest BCUT2D eigenvalue weighted by Crippen LogP contribution is 2.21. The lowest BCUT2D eigenvalue weighted by atomic mass is 10.1. The highest BCUT2D eigenvalue weighted by Gasteiger charge is 2.26. The van der Waals surface area contributed by atoms with E-state index >= 15 is 0 Å². The number of nitrogens with one attached hydrogen (secondary N) is 1. The molecule has 9 heteroatoms. The summed E-state index contributed by atoms with van der Waals surface area (Å²) in [6, 6.07) is 1.41. The molecule has 0 aliphatic rings. The van der Waals surface area contributed by atoms with Crippen molar-refractivity contribution >= 4 is 15.7 Å². The molecule has 0 fully saturated rings. The zero-order valence-corrected chi connectivity index (χ0v) is 10.8. The maximum atomic E-state index is 13.4. The zero-order chi connectivity index (χ0) is 14.8. The largest absolute Gasteiger partial charge is 0.399 e. The molecule has 5 N–H and O–H groups in total. The number of hydrogen-bond acceptors (Lipinski definition) is 5. The van der Waals surface area contributed by atoms with Gasteiger partial charge in [-0.2, -0.15) is 0 Å². The van der Waals surface area contributed by atoms with Crippen molar-refractivity contribution in [3.05, 3.63) is 23.8 Å². The van der Waals surface area contributed by atoms with Gasteiger partial charge < -0.3 is 15.9 Å². The van der Waals surface area contributed by atoms with Gasteiger partial charge in [0, 0.05) is 12.2 Å². The summed E-state index contributed by atoms with van der Waals surface area (Å²) in [5.41, 5.74) is 3.27. The SMILES string of the molecule is CC(O)(CO)CNS(=O)(=O)c1cc(N)cc(F)c1F. The van der Waals surface area contributed by atoms with E-state index in [0.29, 0.717) is 6.07 Å². The fourth-order valence-corrected chi connectivity index (χ4v) is 2.44. The van der Waals surface area contributed by atoms with E-state index in [-0.39, 0.29) is 5.69 Å². The Morgan fingerprint density at radius 3 is 2.53 bits per heavy atom. The molecule has 0 heterocycles. The Balaban J connectivity index is 3.08. The normalized spacial score (nSPS) is 15.2. The number of sulfonamides is 1. The number of nitrogens with two attached hydrogens (primary N) is 1. The molecule has 108 valence electrons. The van der Waals surface area contributed by atoms with Crippen molar-refractivity contribution in [2.45, 2.75) is 17.4 Å². The molecule has 0 saturated heterocycles. The van der Waals surface area contributed by atoms with Gasteiger partial charge in [0.15, 0.2) is 11.6 Å². The van der Waals surface area contributed by atoms with Crippen molar-refractivity contribution in [3.8, 4) is 0 Å². The molecule has 0 aliphatic carbocycles. The van der Waals surface area contributed by atoms with Crippen LogP contribution >= 0.6 is 0 Å². The first-order chi connectivity index (χ1) is 8.59. The molecule has 0 aromatic heterocycles. The van der Waals surface area contributed by atoms with Gasteiger partial charge in [0.05, 0.1) is 12.2 Å². The summed E-state index contributed by atoms with van der Waals surface area (Å²) in [7, 11) is -4.40. The first-order valence-corrected chi connectivity index (χ1v) is 6.65. The predicted octanol–water partition coefficient (Wildman–Crippen LogP) is -0.431. The number of halogens is 2. The Hall–Kier alpha value is -1.29. The van der Waals surface area contributed by atoms with E-state index in [9.17, 15) is 22.3 Å². The van der Waals surface area contributed by atoms with Crippen LogP contribution in [0.15, 0.2) is 17.0 Å². The second kappa shape index (κ2) is 5.37. The molecule has 1 rings (SSSR count). The Bertz CT molecular complexity index is 575. The van der Waals surface area contributed by atoms with Gasteiger partial charge in [-0.3, -0.25) is 0 Å². The monoisotopic (exact) mass is 296 g/mol. The van der Waals surface area contributed by atoms with Crippen molar-refractivity contribution in [1.29, 1.82) is 0 Å². The fraction of sp³-hybridized carbons (Fsp3) is 0.400. The molecule has 0 aliphatic heterocycles. The van der Waals surface area contributed by atoms with Gasteiger partial charge in [-0.05, 0) is 19.1 Å². The Labute approximate surface area is 108 Å². The number of anilines is 1. The molecule has 0 spiro atoms. The Morgan fingerprint density at radius 2 is 2.00 bits per heavy atom. The van der Waals surface area contributed by atoms with Crippen molar-refractivity contribution in [2.24, 2.45) is 0 Å². The molecule has 1 aromatic rings. The van der Waals surface area contributed by atoms with Crippen molar-refractivity contribution in [3.63, 3.8) is 0 Å². The summed E-state index contributed by atoms with van der Waals surface area (Å²) in [6.45, 7) is -0.100. The van der Waals surface area contributed by atoms with Crippen molar-refractivity contribution < 1.29 is 27.4 Å². The van der Waals surface area contributed by atoms with Crippen molar-refractivity contribution in [2.75, 3.05) is 18.9 Å². The lowest BCUT2D eigenvalue weighted by Gasteiger charge is -2.20. The van der Waals surface area contributed by atoms with Crippen LogP contribution in [0.25, 0.3) is 0 Å². The van der Waals surface area contributed by atoms with Crippen LogP contribution in [0, 0.1) is 11.6 Å². The minimum Gasteiger partial charge on any atom is -0.399 e. The highest BCUT2D eigenvalue weighted by molar-refractivity contribution is 7.89. The number of aliphatic hydroxyl groups is 2. The van der Waals surface area contributed by atoms with Gasteiger partial charge in [0.1, 0.15) is 4.90 Å².